The van der Waals surface area contributed by atoms with E-state index in [0.29, 0.717) is 16.3 Å². The van der Waals surface area contributed by atoms with Crippen LogP contribution in [0.15, 0.2) is 54.6 Å². The summed E-state index contributed by atoms with van der Waals surface area (Å²) < 4.78 is 55.9. The van der Waals surface area contributed by atoms with E-state index in [9.17, 15) is 17.6 Å². The van der Waals surface area contributed by atoms with Crippen LogP contribution in [-0.2, 0) is 6.18 Å². The topological polar surface area (TPSA) is 30.7 Å². The molecular weight excluding hydrogens is 394 g/mol. The van der Waals surface area contributed by atoms with E-state index in [0.717, 1.165) is 6.07 Å². The lowest BCUT2D eigenvalue weighted by molar-refractivity contribution is -0.136. The second-order valence-electron chi connectivity index (χ2n) is 6.23. The van der Waals surface area contributed by atoms with Gasteiger partial charge in [-0.1, -0.05) is 11.6 Å². The molecule has 0 N–H and O–H groups in total. The maximum absolute atomic E-state index is 13.8. The van der Waals surface area contributed by atoms with Crippen LogP contribution in [0.25, 0.3) is 28.0 Å². The normalized spacial score (nSPS) is 11.9. The molecule has 0 fully saturated rings. The predicted molar refractivity (Wildman–Crippen MR) is 99.0 cm³/mol. The van der Waals surface area contributed by atoms with Gasteiger partial charge in [0.05, 0.1) is 28.0 Å². The lowest BCUT2D eigenvalue weighted by Gasteiger charge is -2.12. The zero-order chi connectivity index (χ0) is 20.1. The molecule has 4 rings (SSSR count). The van der Waals surface area contributed by atoms with Crippen molar-refractivity contribution >= 4 is 22.6 Å². The first-order chi connectivity index (χ1) is 13.2. The van der Waals surface area contributed by atoms with Crippen molar-refractivity contribution in [2.24, 2.45) is 0 Å². The molecule has 0 unspecified atom stereocenters. The number of benzene rings is 2. The highest BCUT2D eigenvalue weighted by Crippen LogP contribution is 2.38. The number of aryl methyl sites for hydroxylation is 1. The van der Waals surface area contributed by atoms with Crippen molar-refractivity contribution in [3.8, 4) is 16.9 Å². The van der Waals surface area contributed by atoms with E-state index in [1.54, 1.807) is 24.3 Å². The molecule has 0 bridgehead atoms. The van der Waals surface area contributed by atoms with Gasteiger partial charge in [-0.15, -0.1) is 0 Å². The molecule has 4 aromatic rings. The van der Waals surface area contributed by atoms with Crippen molar-refractivity contribution in [3.05, 3.63) is 76.7 Å². The molecule has 0 aliphatic carbocycles. The van der Waals surface area contributed by atoms with Crippen LogP contribution in [0.5, 0.6) is 0 Å². The number of rotatable bonds is 2. The molecule has 0 radical (unpaired) electrons. The van der Waals surface area contributed by atoms with Crippen LogP contribution in [0, 0.1) is 12.7 Å². The predicted octanol–water partition coefficient (Wildman–Crippen LogP) is 6.21. The van der Waals surface area contributed by atoms with E-state index in [-0.39, 0.29) is 22.4 Å². The lowest BCUT2D eigenvalue weighted by Crippen LogP contribution is -2.08. The Bertz CT molecular complexity index is 1160. The number of nitrogens with zero attached hydrogens (tertiary/aromatic N) is 3. The van der Waals surface area contributed by atoms with Gasteiger partial charge in [-0.2, -0.15) is 18.3 Å². The first-order valence-electron chi connectivity index (χ1n) is 8.23. The first kappa shape index (κ1) is 18.4. The van der Waals surface area contributed by atoms with Crippen LogP contribution in [-0.4, -0.2) is 14.8 Å². The fourth-order valence-corrected chi connectivity index (χ4v) is 3.17. The standard InChI is InChI=1S/C20H12ClF4N3/c1-11-18-16(20(23,24)25)10-17(12-2-6-14(22)7-3-12)26-19(18)28(27-11)15-8-4-13(21)5-9-15/h2-10H,1H3. The van der Waals surface area contributed by atoms with Gasteiger partial charge in [-0.25, -0.2) is 14.1 Å². The van der Waals surface area contributed by atoms with E-state index in [4.69, 9.17) is 11.6 Å². The summed E-state index contributed by atoms with van der Waals surface area (Å²) in [6, 6.07) is 12.6. The summed E-state index contributed by atoms with van der Waals surface area (Å²) in [4.78, 5) is 4.41. The molecular formula is C20H12ClF4N3. The minimum atomic E-state index is -4.60. The third kappa shape index (κ3) is 3.22. The molecule has 28 heavy (non-hydrogen) atoms. The van der Waals surface area contributed by atoms with Gasteiger partial charge < -0.3 is 0 Å². The molecule has 2 heterocycles. The number of alkyl halides is 3. The van der Waals surface area contributed by atoms with Crippen LogP contribution in [0.3, 0.4) is 0 Å². The molecule has 0 spiro atoms. The highest BCUT2D eigenvalue weighted by molar-refractivity contribution is 6.30. The molecule has 0 amide bonds. The Morgan fingerprint density at radius 1 is 0.964 bits per heavy atom. The molecule has 2 aromatic heterocycles. The Morgan fingerprint density at radius 3 is 2.21 bits per heavy atom. The van der Waals surface area contributed by atoms with Crippen molar-refractivity contribution in [3.63, 3.8) is 0 Å². The quantitative estimate of drug-likeness (QED) is 0.371. The van der Waals surface area contributed by atoms with Crippen molar-refractivity contribution < 1.29 is 17.6 Å². The molecule has 8 heteroatoms. The zero-order valence-corrected chi connectivity index (χ0v) is 15.2. The molecule has 2 aromatic carbocycles. The second kappa shape index (κ2) is 6.60. The largest absolute Gasteiger partial charge is 0.417 e. The van der Waals surface area contributed by atoms with Crippen LogP contribution in [0.4, 0.5) is 17.6 Å². The van der Waals surface area contributed by atoms with E-state index >= 15 is 0 Å². The monoisotopic (exact) mass is 405 g/mol. The smallest absolute Gasteiger partial charge is 0.228 e. The average molecular weight is 406 g/mol. The van der Waals surface area contributed by atoms with Crippen molar-refractivity contribution in [1.29, 1.82) is 0 Å². The summed E-state index contributed by atoms with van der Waals surface area (Å²) in [5, 5.41) is 4.68. The van der Waals surface area contributed by atoms with E-state index in [1.807, 2.05) is 0 Å². The van der Waals surface area contributed by atoms with Gasteiger partial charge in [0.15, 0.2) is 5.65 Å². The minimum Gasteiger partial charge on any atom is -0.228 e. The molecule has 3 nitrogen and oxygen atoms in total. The number of pyridine rings is 1. The van der Waals surface area contributed by atoms with Gasteiger partial charge in [0, 0.05) is 10.6 Å². The third-order valence-electron chi connectivity index (χ3n) is 4.33. The SMILES string of the molecule is Cc1nn(-c2ccc(Cl)cc2)c2nc(-c3ccc(F)cc3)cc(C(F)(F)F)c12. The molecule has 0 aliphatic heterocycles. The van der Waals surface area contributed by atoms with Gasteiger partial charge in [-0.3, -0.25) is 0 Å². The second-order valence-corrected chi connectivity index (χ2v) is 6.67. The maximum Gasteiger partial charge on any atom is 0.417 e. The number of halogens is 5. The van der Waals surface area contributed by atoms with Crippen LogP contribution >= 0.6 is 11.6 Å². The summed E-state index contributed by atoms with van der Waals surface area (Å²) in [6.07, 6.45) is -4.60. The Morgan fingerprint density at radius 2 is 1.61 bits per heavy atom. The van der Waals surface area contributed by atoms with Crippen molar-refractivity contribution in [2.45, 2.75) is 13.1 Å². The highest BCUT2D eigenvalue weighted by Gasteiger charge is 2.35. The molecule has 0 aliphatic rings. The van der Waals surface area contributed by atoms with E-state index in [2.05, 4.69) is 10.1 Å². The number of hydrogen-bond donors (Lipinski definition) is 0. The summed E-state index contributed by atoms with van der Waals surface area (Å²) in [5.74, 6) is -0.483. The van der Waals surface area contributed by atoms with Gasteiger partial charge >= 0.3 is 6.18 Å². The minimum absolute atomic E-state index is 0.0639. The van der Waals surface area contributed by atoms with Crippen molar-refractivity contribution in [2.75, 3.05) is 0 Å². The highest BCUT2D eigenvalue weighted by atomic mass is 35.5. The molecule has 142 valence electrons. The van der Waals surface area contributed by atoms with Gasteiger partial charge in [0.25, 0.3) is 0 Å². The fraction of sp³-hybridized carbons (Fsp3) is 0.100. The lowest BCUT2D eigenvalue weighted by atomic mass is 10.1. The molecule has 0 saturated carbocycles. The van der Waals surface area contributed by atoms with Crippen LogP contribution in [0.1, 0.15) is 11.3 Å². The van der Waals surface area contributed by atoms with Gasteiger partial charge in [-0.05, 0) is 61.5 Å². The van der Waals surface area contributed by atoms with Gasteiger partial charge in [0.1, 0.15) is 5.82 Å². The summed E-state index contributed by atoms with van der Waals surface area (Å²) in [5.41, 5.74) is 0.406. The third-order valence-corrected chi connectivity index (χ3v) is 4.58. The Hall–Kier alpha value is -2.93. The molecule has 0 atom stereocenters. The summed E-state index contributed by atoms with van der Waals surface area (Å²) in [7, 11) is 0. The summed E-state index contributed by atoms with van der Waals surface area (Å²) >= 11 is 5.90. The Labute approximate surface area is 162 Å². The first-order valence-corrected chi connectivity index (χ1v) is 8.61. The maximum atomic E-state index is 13.8. The Balaban J connectivity index is 2.04. The van der Waals surface area contributed by atoms with Crippen LogP contribution in [0.2, 0.25) is 5.02 Å². The van der Waals surface area contributed by atoms with Crippen molar-refractivity contribution in [1.82, 2.24) is 14.8 Å². The number of fused-ring (bicyclic) bond motifs is 1. The fourth-order valence-electron chi connectivity index (χ4n) is 3.04. The Kier molecular flexibility index (Phi) is 4.34. The number of aromatic nitrogens is 3. The average Bonchev–Trinajstić information content (AvgIpc) is 2.98. The van der Waals surface area contributed by atoms with E-state index in [1.165, 1.54) is 35.9 Å². The van der Waals surface area contributed by atoms with Gasteiger partial charge in [0.2, 0.25) is 0 Å². The zero-order valence-electron chi connectivity index (χ0n) is 14.4. The molecule has 0 saturated heterocycles. The van der Waals surface area contributed by atoms with Crippen LogP contribution < -0.4 is 0 Å². The summed E-state index contributed by atoms with van der Waals surface area (Å²) in [6.45, 7) is 1.50. The van der Waals surface area contributed by atoms with E-state index < -0.39 is 17.6 Å². The number of hydrogen-bond acceptors (Lipinski definition) is 2.